The molecule has 3 nitrogen and oxygen atoms in total. The number of nitrogens with two attached hydrogens (primary N) is 1. The fraction of sp³-hybridized carbons (Fsp3) is 0.118. The molecule has 2 N–H and O–H groups in total. The van der Waals surface area contributed by atoms with E-state index in [0.29, 0.717) is 0 Å². The summed E-state index contributed by atoms with van der Waals surface area (Å²) >= 11 is 0. The summed E-state index contributed by atoms with van der Waals surface area (Å²) in [4.78, 5) is 6.74. The number of fused-ring (bicyclic) bond motifs is 2. The lowest BCUT2D eigenvalue weighted by Gasteiger charge is -2.18. The molecular weight excluding hydrogens is 246 g/mol. The van der Waals surface area contributed by atoms with Crippen molar-refractivity contribution in [2.75, 3.05) is 10.6 Å². The largest absolute Gasteiger partial charge is 0.399 e. The Morgan fingerprint density at radius 1 is 0.950 bits per heavy atom. The van der Waals surface area contributed by atoms with Crippen LogP contribution in [0.3, 0.4) is 0 Å². The maximum absolute atomic E-state index is 5.86. The van der Waals surface area contributed by atoms with Crippen LogP contribution in [-0.4, -0.2) is 4.98 Å². The van der Waals surface area contributed by atoms with Gasteiger partial charge in [0.1, 0.15) is 0 Å². The Hall–Kier alpha value is -2.55. The molecule has 1 aliphatic rings. The van der Waals surface area contributed by atoms with Crippen LogP contribution in [0.15, 0.2) is 54.7 Å². The van der Waals surface area contributed by atoms with Gasteiger partial charge in [0.15, 0.2) is 0 Å². The van der Waals surface area contributed by atoms with Crippen molar-refractivity contribution in [1.29, 1.82) is 0 Å². The molecule has 0 fully saturated rings. The molecule has 0 saturated carbocycles. The first-order valence-electron chi connectivity index (χ1n) is 6.77. The van der Waals surface area contributed by atoms with E-state index in [-0.39, 0.29) is 0 Å². The summed E-state index contributed by atoms with van der Waals surface area (Å²) in [5, 5.41) is 1.18. The standard InChI is InChI=1S/C17H15N3/c18-15-4-3-13-10-20(11-14(13)8-15)16-5-6-17-12(9-16)2-1-7-19-17/h1-9H,10-11,18H2. The summed E-state index contributed by atoms with van der Waals surface area (Å²) in [5.41, 5.74) is 11.7. The molecule has 0 saturated heterocycles. The van der Waals surface area contributed by atoms with Gasteiger partial charge >= 0.3 is 0 Å². The van der Waals surface area contributed by atoms with Gasteiger partial charge in [0.25, 0.3) is 0 Å². The highest BCUT2D eigenvalue weighted by atomic mass is 15.1. The van der Waals surface area contributed by atoms with Crippen LogP contribution in [0.2, 0.25) is 0 Å². The number of aromatic nitrogens is 1. The molecule has 2 heterocycles. The van der Waals surface area contributed by atoms with Crippen molar-refractivity contribution < 1.29 is 0 Å². The Morgan fingerprint density at radius 2 is 1.85 bits per heavy atom. The van der Waals surface area contributed by atoms with Crippen molar-refractivity contribution in [1.82, 2.24) is 4.98 Å². The highest BCUT2D eigenvalue weighted by Gasteiger charge is 2.19. The molecule has 4 rings (SSSR count). The van der Waals surface area contributed by atoms with Crippen LogP contribution in [0.1, 0.15) is 11.1 Å². The Kier molecular flexibility index (Phi) is 2.39. The minimum absolute atomic E-state index is 0.841. The number of nitrogen functional groups attached to an aromatic ring is 1. The quantitative estimate of drug-likeness (QED) is 0.683. The lowest BCUT2D eigenvalue weighted by molar-refractivity contribution is 0.881. The van der Waals surface area contributed by atoms with Crippen molar-refractivity contribution in [3.63, 3.8) is 0 Å². The molecule has 2 aromatic carbocycles. The number of benzene rings is 2. The second kappa shape index (κ2) is 4.23. The van der Waals surface area contributed by atoms with Crippen molar-refractivity contribution in [3.05, 3.63) is 65.9 Å². The third kappa shape index (κ3) is 1.79. The fourth-order valence-corrected chi connectivity index (χ4v) is 2.86. The molecule has 0 atom stereocenters. The summed E-state index contributed by atoms with van der Waals surface area (Å²) in [6.45, 7) is 1.87. The summed E-state index contributed by atoms with van der Waals surface area (Å²) in [7, 11) is 0. The lowest BCUT2D eigenvalue weighted by atomic mass is 10.1. The summed E-state index contributed by atoms with van der Waals surface area (Å²) < 4.78 is 0. The maximum Gasteiger partial charge on any atom is 0.0703 e. The zero-order valence-electron chi connectivity index (χ0n) is 11.1. The van der Waals surface area contributed by atoms with Crippen LogP contribution in [0.5, 0.6) is 0 Å². The minimum atomic E-state index is 0.841. The topological polar surface area (TPSA) is 42.1 Å². The number of anilines is 2. The SMILES string of the molecule is Nc1ccc2c(c1)CN(c1ccc3ncccc3c1)C2. The minimum Gasteiger partial charge on any atom is -0.399 e. The van der Waals surface area contributed by atoms with E-state index in [0.717, 1.165) is 24.3 Å². The van der Waals surface area contributed by atoms with E-state index in [2.05, 4.69) is 46.3 Å². The van der Waals surface area contributed by atoms with E-state index < -0.39 is 0 Å². The van der Waals surface area contributed by atoms with E-state index in [9.17, 15) is 0 Å². The fourth-order valence-electron chi connectivity index (χ4n) is 2.86. The molecule has 0 spiro atoms. The van der Waals surface area contributed by atoms with Crippen LogP contribution in [-0.2, 0) is 13.1 Å². The number of nitrogens with zero attached hydrogens (tertiary/aromatic N) is 2. The molecular formula is C17H15N3. The zero-order valence-corrected chi connectivity index (χ0v) is 11.1. The van der Waals surface area contributed by atoms with E-state index in [1.54, 1.807) is 0 Å². The summed E-state index contributed by atoms with van der Waals surface area (Å²) in [6.07, 6.45) is 1.83. The molecule has 98 valence electrons. The molecule has 0 amide bonds. The van der Waals surface area contributed by atoms with Gasteiger partial charge in [-0.25, -0.2) is 0 Å². The summed E-state index contributed by atoms with van der Waals surface area (Å²) in [5.74, 6) is 0. The third-order valence-electron chi connectivity index (χ3n) is 3.90. The number of rotatable bonds is 1. The molecule has 0 unspecified atom stereocenters. The van der Waals surface area contributed by atoms with Gasteiger partial charge in [0, 0.05) is 36.0 Å². The molecule has 1 aromatic heterocycles. The molecule has 20 heavy (non-hydrogen) atoms. The van der Waals surface area contributed by atoms with Gasteiger partial charge in [-0.15, -0.1) is 0 Å². The van der Waals surface area contributed by atoms with Crippen LogP contribution in [0, 0.1) is 0 Å². The molecule has 0 bridgehead atoms. The Bertz CT molecular complexity index is 795. The van der Waals surface area contributed by atoms with Gasteiger partial charge in [0.2, 0.25) is 0 Å². The average Bonchev–Trinajstić information content (AvgIpc) is 2.89. The molecule has 1 aliphatic heterocycles. The van der Waals surface area contributed by atoms with E-state index in [1.165, 1.54) is 22.2 Å². The van der Waals surface area contributed by atoms with Gasteiger partial charge in [-0.1, -0.05) is 12.1 Å². The second-order valence-electron chi connectivity index (χ2n) is 5.26. The Labute approximate surface area is 117 Å². The van der Waals surface area contributed by atoms with Crippen molar-refractivity contribution in [3.8, 4) is 0 Å². The van der Waals surface area contributed by atoms with Crippen molar-refractivity contribution in [2.24, 2.45) is 0 Å². The third-order valence-corrected chi connectivity index (χ3v) is 3.90. The van der Waals surface area contributed by atoms with Crippen molar-refractivity contribution >= 4 is 22.3 Å². The average molecular weight is 261 g/mol. The number of hydrogen-bond donors (Lipinski definition) is 1. The zero-order chi connectivity index (χ0) is 13.5. The van der Waals surface area contributed by atoms with Gasteiger partial charge in [0.05, 0.1) is 5.52 Å². The molecule has 3 heteroatoms. The monoisotopic (exact) mass is 261 g/mol. The normalized spacial score (nSPS) is 13.7. The molecule has 0 aliphatic carbocycles. The number of pyridine rings is 1. The van der Waals surface area contributed by atoms with Crippen molar-refractivity contribution in [2.45, 2.75) is 13.1 Å². The van der Waals surface area contributed by atoms with Gasteiger partial charge in [-0.05, 0) is 47.5 Å². The Balaban J connectivity index is 1.71. The highest BCUT2D eigenvalue weighted by molar-refractivity contribution is 5.82. The molecule has 0 radical (unpaired) electrons. The van der Waals surface area contributed by atoms with Crippen LogP contribution >= 0.6 is 0 Å². The van der Waals surface area contributed by atoms with E-state index >= 15 is 0 Å². The second-order valence-corrected chi connectivity index (χ2v) is 5.26. The lowest BCUT2D eigenvalue weighted by Crippen LogP contribution is -2.14. The summed E-state index contributed by atoms with van der Waals surface area (Å²) in [6, 6.07) is 16.7. The van der Waals surface area contributed by atoms with Crippen LogP contribution in [0.4, 0.5) is 11.4 Å². The first-order chi connectivity index (χ1) is 9.79. The maximum atomic E-state index is 5.86. The predicted molar refractivity (Wildman–Crippen MR) is 82.5 cm³/mol. The first-order valence-corrected chi connectivity index (χ1v) is 6.77. The van der Waals surface area contributed by atoms with Crippen LogP contribution < -0.4 is 10.6 Å². The molecule has 3 aromatic rings. The van der Waals surface area contributed by atoms with E-state index in [4.69, 9.17) is 5.73 Å². The number of hydrogen-bond acceptors (Lipinski definition) is 3. The first kappa shape index (κ1) is 11.3. The predicted octanol–water partition coefficient (Wildman–Crippen LogP) is 3.34. The van der Waals surface area contributed by atoms with Crippen LogP contribution in [0.25, 0.3) is 10.9 Å². The Morgan fingerprint density at radius 3 is 2.80 bits per heavy atom. The smallest absolute Gasteiger partial charge is 0.0703 e. The van der Waals surface area contributed by atoms with Gasteiger partial charge < -0.3 is 10.6 Å². The van der Waals surface area contributed by atoms with Gasteiger partial charge in [-0.3, -0.25) is 4.98 Å². The van der Waals surface area contributed by atoms with Gasteiger partial charge in [-0.2, -0.15) is 0 Å². The van der Waals surface area contributed by atoms with E-state index in [1.807, 2.05) is 18.3 Å². The highest BCUT2D eigenvalue weighted by Crippen LogP contribution is 2.30.